The van der Waals surface area contributed by atoms with Crippen molar-refractivity contribution >= 4 is 5.91 Å². The number of hydrogen-bond acceptors (Lipinski definition) is 1. The Morgan fingerprint density at radius 1 is 1.20 bits per heavy atom. The fraction of sp³-hybridized carbons (Fsp3) is 0.571. The third kappa shape index (κ3) is 4.18. The van der Waals surface area contributed by atoms with Gasteiger partial charge in [-0.2, -0.15) is 0 Å². The third-order valence-electron chi connectivity index (χ3n) is 1.27. The summed E-state index contributed by atoms with van der Waals surface area (Å²) >= 11 is 0. The van der Waals surface area contributed by atoms with E-state index in [0.29, 0.717) is 0 Å². The topological polar surface area (TPSA) is 31.2 Å². The van der Waals surface area contributed by atoms with Crippen LogP contribution in [-0.2, 0) is 37.5 Å². The van der Waals surface area contributed by atoms with E-state index in [2.05, 4.69) is 5.32 Å². The largest absolute Gasteiger partial charge is 0.652 e. The Hall–Kier alpha value is 0.314. The second-order valence-corrected chi connectivity index (χ2v) is 2.15. The molecule has 2 nitrogen and oxygen atoms in total. The molecule has 3 heteroatoms. The first-order chi connectivity index (χ1) is 4.09. The molecule has 0 spiro atoms. The quantitative estimate of drug-likeness (QED) is 0.614. The second-order valence-electron chi connectivity index (χ2n) is 2.15. The Morgan fingerprint density at radius 3 is 1.70 bits per heavy atom. The van der Waals surface area contributed by atoms with Gasteiger partial charge in [0.15, 0.2) is 0 Å². The van der Waals surface area contributed by atoms with E-state index < -0.39 is 0 Å². The maximum atomic E-state index is 10.7. The van der Waals surface area contributed by atoms with Crippen molar-refractivity contribution in [1.29, 1.82) is 0 Å². The van der Waals surface area contributed by atoms with Gasteiger partial charge >= 0.3 is 0 Å². The molecule has 0 saturated carbocycles. The van der Waals surface area contributed by atoms with Gasteiger partial charge in [0.25, 0.3) is 0 Å². The minimum Gasteiger partial charge on any atom is -0.652 e. The van der Waals surface area contributed by atoms with Crippen molar-refractivity contribution in [3.8, 4) is 0 Å². The van der Waals surface area contributed by atoms with Gasteiger partial charge in [-0.3, -0.25) is 0 Å². The molecule has 0 aliphatic carbocycles. The molecule has 0 fully saturated rings. The second kappa shape index (κ2) is 6.05. The number of amides is 1. The van der Waals surface area contributed by atoms with E-state index in [-0.39, 0.29) is 38.6 Å². The Morgan fingerprint density at radius 2 is 1.60 bits per heavy atom. The van der Waals surface area contributed by atoms with Crippen molar-refractivity contribution in [2.45, 2.75) is 20.8 Å². The number of likely N-dealkylation sites (N-methyl/N-ethyl adjacent to an activating group) is 1. The molecule has 1 amide bonds. The first kappa shape index (κ1) is 12.9. The molecule has 0 unspecified atom stereocenters. The van der Waals surface area contributed by atoms with Crippen molar-refractivity contribution in [1.82, 2.24) is 0 Å². The van der Waals surface area contributed by atoms with Gasteiger partial charge in [0.1, 0.15) is 0 Å². The molecule has 0 aromatic carbocycles. The molecular formula is C7H12NOY-. The molecular weight excluding hydrogens is 203 g/mol. The summed E-state index contributed by atoms with van der Waals surface area (Å²) < 4.78 is 0. The van der Waals surface area contributed by atoms with Crippen molar-refractivity contribution in [2.75, 3.05) is 7.05 Å². The Labute approximate surface area is 87.3 Å². The minimum absolute atomic E-state index is 0. The monoisotopic (exact) mass is 215 g/mol. The summed E-state index contributed by atoms with van der Waals surface area (Å²) in [4.78, 5) is 10.7. The SMILES string of the molecule is C[N-]C(=O)C(C)=C(C)C.[Y]. The Balaban J connectivity index is 0. The zero-order chi connectivity index (χ0) is 7.44. The van der Waals surface area contributed by atoms with E-state index in [0.717, 1.165) is 11.1 Å². The van der Waals surface area contributed by atoms with E-state index in [4.69, 9.17) is 0 Å². The fourth-order valence-electron chi connectivity index (χ4n) is 0.382. The first-order valence-corrected chi connectivity index (χ1v) is 2.87. The van der Waals surface area contributed by atoms with Gasteiger partial charge in [0, 0.05) is 32.7 Å². The van der Waals surface area contributed by atoms with Crippen molar-refractivity contribution in [2.24, 2.45) is 0 Å². The maximum Gasteiger partial charge on any atom is 0.0773 e. The summed E-state index contributed by atoms with van der Waals surface area (Å²) in [6, 6.07) is 0. The average molecular weight is 215 g/mol. The van der Waals surface area contributed by atoms with Crippen LogP contribution in [0.5, 0.6) is 0 Å². The van der Waals surface area contributed by atoms with Crippen LogP contribution >= 0.6 is 0 Å². The maximum absolute atomic E-state index is 10.7. The van der Waals surface area contributed by atoms with Crippen LogP contribution in [0.3, 0.4) is 0 Å². The smallest absolute Gasteiger partial charge is 0.0773 e. The Bertz CT molecular complexity index is 148. The van der Waals surface area contributed by atoms with E-state index in [1.165, 1.54) is 7.05 Å². The summed E-state index contributed by atoms with van der Waals surface area (Å²) in [6.07, 6.45) is 0. The molecule has 0 aromatic rings. The molecule has 0 N–H and O–H groups in total. The van der Waals surface area contributed by atoms with Crippen LogP contribution in [0, 0.1) is 0 Å². The summed E-state index contributed by atoms with van der Waals surface area (Å²) in [6.45, 7) is 5.58. The summed E-state index contributed by atoms with van der Waals surface area (Å²) in [5.74, 6) is -0.116. The van der Waals surface area contributed by atoms with Crippen molar-refractivity contribution < 1.29 is 37.5 Å². The van der Waals surface area contributed by atoms with Gasteiger partial charge in [-0.05, 0) is 26.3 Å². The third-order valence-corrected chi connectivity index (χ3v) is 1.27. The molecule has 0 saturated heterocycles. The number of rotatable bonds is 1. The average Bonchev–Trinajstić information content (AvgIpc) is 1.84. The molecule has 1 radical (unpaired) electrons. The number of hydrogen-bond donors (Lipinski definition) is 0. The van der Waals surface area contributed by atoms with Crippen LogP contribution in [0.15, 0.2) is 11.1 Å². The number of carbonyl (C=O) groups excluding carboxylic acids is 1. The molecule has 55 valence electrons. The van der Waals surface area contributed by atoms with Gasteiger partial charge in [-0.15, -0.1) is 7.05 Å². The van der Waals surface area contributed by atoms with Crippen molar-refractivity contribution in [3.63, 3.8) is 0 Å². The standard InChI is InChI=1S/C7H13NO.Y/c1-5(2)6(3)7(9)8-4;/h1-4H3,(H,8,9);/p-1. The van der Waals surface area contributed by atoms with Gasteiger partial charge < -0.3 is 10.1 Å². The molecule has 0 aliphatic heterocycles. The van der Waals surface area contributed by atoms with Gasteiger partial charge in [-0.1, -0.05) is 5.57 Å². The molecule has 0 rings (SSSR count). The van der Waals surface area contributed by atoms with E-state index in [1.807, 2.05) is 13.8 Å². The van der Waals surface area contributed by atoms with E-state index in [1.54, 1.807) is 6.92 Å². The number of carbonyl (C=O) groups is 1. The molecule has 0 bridgehead atoms. The first-order valence-electron chi connectivity index (χ1n) is 2.87. The van der Waals surface area contributed by atoms with Crippen LogP contribution in [0.1, 0.15) is 20.8 Å². The zero-order valence-corrected chi connectivity index (χ0v) is 9.77. The van der Waals surface area contributed by atoms with E-state index >= 15 is 0 Å². The molecule has 0 aromatic heterocycles. The Kier molecular flexibility index (Phi) is 7.83. The molecule has 0 aliphatic rings. The van der Waals surface area contributed by atoms with Gasteiger partial charge in [0.05, 0.1) is 5.91 Å². The minimum atomic E-state index is -0.116. The van der Waals surface area contributed by atoms with Gasteiger partial charge in [0.2, 0.25) is 0 Å². The predicted molar refractivity (Wildman–Crippen MR) is 38.3 cm³/mol. The van der Waals surface area contributed by atoms with Crippen LogP contribution in [0.4, 0.5) is 0 Å². The molecule has 0 atom stereocenters. The van der Waals surface area contributed by atoms with Crippen LogP contribution in [-0.4, -0.2) is 13.0 Å². The fourth-order valence-corrected chi connectivity index (χ4v) is 0.382. The van der Waals surface area contributed by atoms with Crippen LogP contribution in [0.2, 0.25) is 0 Å². The summed E-state index contributed by atoms with van der Waals surface area (Å²) in [5.41, 5.74) is 1.78. The van der Waals surface area contributed by atoms with Gasteiger partial charge in [-0.25, -0.2) is 0 Å². The normalized spacial score (nSPS) is 7.60. The summed E-state index contributed by atoms with van der Waals surface area (Å²) in [5, 5.41) is 3.51. The van der Waals surface area contributed by atoms with E-state index in [9.17, 15) is 4.79 Å². The van der Waals surface area contributed by atoms with Crippen LogP contribution in [0.25, 0.3) is 5.32 Å². The van der Waals surface area contributed by atoms with Crippen LogP contribution < -0.4 is 0 Å². The predicted octanol–water partition coefficient (Wildman–Crippen LogP) is 1.87. The van der Waals surface area contributed by atoms with Crippen molar-refractivity contribution in [3.05, 3.63) is 16.5 Å². The molecule has 0 heterocycles. The zero-order valence-electron chi connectivity index (χ0n) is 6.93. The summed E-state index contributed by atoms with van der Waals surface area (Å²) in [7, 11) is 1.51. The molecule has 10 heavy (non-hydrogen) atoms. The number of allylic oxidation sites excluding steroid dienone is 1. The number of nitrogens with zero attached hydrogens (tertiary/aromatic N) is 1.